The van der Waals surface area contributed by atoms with Gasteiger partial charge in [-0.2, -0.15) is 4.72 Å². The van der Waals surface area contributed by atoms with Crippen LogP contribution in [0.1, 0.15) is 51.0 Å². The van der Waals surface area contributed by atoms with Crippen LogP contribution in [0, 0.1) is 12.8 Å². The molecule has 2 fully saturated rings. The van der Waals surface area contributed by atoms with Crippen molar-refractivity contribution in [3.63, 3.8) is 0 Å². The Bertz CT molecular complexity index is 778. The first-order valence-electron chi connectivity index (χ1n) is 9.85. The number of benzene rings is 1. The lowest BCUT2D eigenvalue weighted by Crippen LogP contribution is -2.58. The van der Waals surface area contributed by atoms with Crippen LogP contribution in [-0.4, -0.2) is 49.1 Å². The van der Waals surface area contributed by atoms with Crippen molar-refractivity contribution in [2.75, 3.05) is 13.1 Å². The molecule has 1 aliphatic carbocycles. The second-order valence-electron chi connectivity index (χ2n) is 7.98. The van der Waals surface area contributed by atoms with E-state index in [0.29, 0.717) is 25.9 Å². The van der Waals surface area contributed by atoms with E-state index in [4.69, 9.17) is 0 Å². The average molecular weight is 395 g/mol. The summed E-state index contributed by atoms with van der Waals surface area (Å²) in [6.07, 6.45) is 4.80. The van der Waals surface area contributed by atoms with Crippen LogP contribution >= 0.6 is 0 Å². The molecule has 3 rings (SSSR count). The SMILES string of the molecule is CC[C@@H](NS(=O)(=O)c1ccc(C)cc1)C(=O)N1CC[C@@]2(O)CCCC[C@@H]2C1. The highest BCUT2D eigenvalue weighted by molar-refractivity contribution is 7.89. The lowest BCUT2D eigenvalue weighted by atomic mass is 9.71. The fourth-order valence-electron chi connectivity index (χ4n) is 4.27. The molecule has 3 atom stereocenters. The molecule has 7 heteroatoms. The number of aryl methyl sites for hydroxylation is 1. The number of nitrogens with zero attached hydrogens (tertiary/aromatic N) is 1. The number of hydrogen-bond donors (Lipinski definition) is 2. The zero-order valence-corrected chi connectivity index (χ0v) is 17.0. The summed E-state index contributed by atoms with van der Waals surface area (Å²) < 4.78 is 27.9. The third kappa shape index (κ3) is 4.36. The Labute approximate surface area is 162 Å². The van der Waals surface area contributed by atoms with Gasteiger partial charge in [-0.05, 0) is 44.7 Å². The lowest BCUT2D eigenvalue weighted by Gasteiger charge is -2.47. The minimum atomic E-state index is -3.75. The third-order valence-corrected chi connectivity index (χ3v) is 7.56. The number of piperidine rings is 1. The van der Waals surface area contributed by atoms with Crippen LogP contribution in [0.5, 0.6) is 0 Å². The van der Waals surface area contributed by atoms with Crippen molar-refractivity contribution in [3.8, 4) is 0 Å². The van der Waals surface area contributed by atoms with E-state index in [9.17, 15) is 18.3 Å². The Kier molecular flexibility index (Phi) is 5.93. The minimum Gasteiger partial charge on any atom is -0.389 e. The van der Waals surface area contributed by atoms with E-state index in [1.807, 2.05) is 6.92 Å². The van der Waals surface area contributed by atoms with Gasteiger partial charge >= 0.3 is 0 Å². The highest BCUT2D eigenvalue weighted by Gasteiger charge is 2.44. The predicted molar refractivity (Wildman–Crippen MR) is 104 cm³/mol. The molecule has 0 aromatic heterocycles. The smallest absolute Gasteiger partial charge is 0.241 e. The minimum absolute atomic E-state index is 0.0927. The van der Waals surface area contributed by atoms with E-state index in [1.54, 1.807) is 36.1 Å². The largest absolute Gasteiger partial charge is 0.389 e. The highest BCUT2D eigenvalue weighted by atomic mass is 32.2. The molecule has 1 aromatic carbocycles. The zero-order chi connectivity index (χ0) is 19.7. The first kappa shape index (κ1) is 20.3. The molecule has 1 saturated carbocycles. The van der Waals surface area contributed by atoms with Crippen LogP contribution in [0.25, 0.3) is 0 Å². The first-order valence-corrected chi connectivity index (χ1v) is 11.3. The van der Waals surface area contributed by atoms with Gasteiger partial charge in [0.05, 0.1) is 10.5 Å². The van der Waals surface area contributed by atoms with Crippen molar-refractivity contribution in [3.05, 3.63) is 29.8 Å². The topological polar surface area (TPSA) is 86.7 Å². The summed E-state index contributed by atoms with van der Waals surface area (Å²) >= 11 is 0. The average Bonchev–Trinajstić information content (AvgIpc) is 2.65. The Morgan fingerprint density at radius 1 is 1.30 bits per heavy atom. The number of fused-ring (bicyclic) bond motifs is 1. The van der Waals surface area contributed by atoms with Gasteiger partial charge in [0.2, 0.25) is 15.9 Å². The number of nitrogens with one attached hydrogen (secondary N) is 1. The molecule has 1 heterocycles. The number of hydrogen-bond acceptors (Lipinski definition) is 4. The molecule has 1 amide bonds. The summed E-state index contributed by atoms with van der Waals surface area (Å²) in [6, 6.07) is 5.80. The summed E-state index contributed by atoms with van der Waals surface area (Å²) in [5, 5.41) is 10.8. The number of sulfonamides is 1. The number of amides is 1. The Morgan fingerprint density at radius 3 is 2.67 bits per heavy atom. The van der Waals surface area contributed by atoms with Gasteiger partial charge in [0.15, 0.2) is 0 Å². The Hall–Kier alpha value is -1.44. The summed E-state index contributed by atoms with van der Waals surface area (Å²) in [5.41, 5.74) is 0.323. The molecule has 0 unspecified atom stereocenters. The van der Waals surface area contributed by atoms with E-state index in [1.165, 1.54) is 0 Å². The van der Waals surface area contributed by atoms with E-state index in [0.717, 1.165) is 31.2 Å². The normalized spacial score (nSPS) is 27.1. The number of carbonyl (C=O) groups excluding carboxylic acids is 1. The lowest BCUT2D eigenvalue weighted by molar-refractivity contribution is -0.145. The van der Waals surface area contributed by atoms with Crippen LogP contribution in [0.15, 0.2) is 29.2 Å². The molecule has 0 radical (unpaired) electrons. The van der Waals surface area contributed by atoms with E-state index in [2.05, 4.69) is 4.72 Å². The summed E-state index contributed by atoms with van der Waals surface area (Å²) in [7, 11) is -3.75. The third-order valence-electron chi connectivity index (χ3n) is 6.07. The molecular weight excluding hydrogens is 364 g/mol. The van der Waals surface area contributed by atoms with Crippen LogP contribution < -0.4 is 4.72 Å². The van der Waals surface area contributed by atoms with Crippen molar-refractivity contribution in [1.82, 2.24) is 9.62 Å². The number of likely N-dealkylation sites (tertiary alicyclic amines) is 1. The number of aliphatic hydroxyl groups is 1. The first-order chi connectivity index (χ1) is 12.7. The van der Waals surface area contributed by atoms with Crippen molar-refractivity contribution in [2.45, 2.75) is 68.9 Å². The van der Waals surface area contributed by atoms with Gasteiger partial charge in [0.25, 0.3) is 0 Å². The predicted octanol–water partition coefficient (Wildman–Crippen LogP) is 2.21. The molecule has 1 aliphatic heterocycles. The van der Waals surface area contributed by atoms with E-state index < -0.39 is 21.7 Å². The number of carbonyl (C=O) groups is 1. The van der Waals surface area contributed by atoms with Gasteiger partial charge in [0.1, 0.15) is 6.04 Å². The van der Waals surface area contributed by atoms with Crippen molar-refractivity contribution in [1.29, 1.82) is 0 Å². The van der Waals surface area contributed by atoms with Crippen LogP contribution in [-0.2, 0) is 14.8 Å². The van der Waals surface area contributed by atoms with E-state index in [-0.39, 0.29) is 16.7 Å². The fraction of sp³-hybridized carbons (Fsp3) is 0.650. The molecule has 0 spiro atoms. The quantitative estimate of drug-likeness (QED) is 0.802. The van der Waals surface area contributed by atoms with Gasteiger partial charge < -0.3 is 10.0 Å². The molecule has 0 bridgehead atoms. The summed E-state index contributed by atoms with van der Waals surface area (Å²) in [5.74, 6) is -0.101. The Balaban J connectivity index is 1.70. The highest BCUT2D eigenvalue weighted by Crippen LogP contribution is 2.39. The maximum Gasteiger partial charge on any atom is 0.241 e. The van der Waals surface area contributed by atoms with Crippen molar-refractivity contribution in [2.24, 2.45) is 5.92 Å². The van der Waals surface area contributed by atoms with Crippen LogP contribution in [0.4, 0.5) is 0 Å². The maximum atomic E-state index is 13.0. The molecule has 150 valence electrons. The molecule has 2 N–H and O–H groups in total. The van der Waals surface area contributed by atoms with Crippen molar-refractivity contribution >= 4 is 15.9 Å². The summed E-state index contributed by atoms with van der Waals surface area (Å²) in [6.45, 7) is 4.69. The van der Waals surface area contributed by atoms with Gasteiger partial charge in [-0.1, -0.05) is 37.5 Å². The van der Waals surface area contributed by atoms with Gasteiger partial charge in [-0.25, -0.2) is 8.42 Å². The van der Waals surface area contributed by atoms with Gasteiger partial charge in [0, 0.05) is 19.0 Å². The maximum absolute atomic E-state index is 13.0. The van der Waals surface area contributed by atoms with Gasteiger partial charge in [-0.15, -0.1) is 0 Å². The molecule has 2 aliphatic rings. The van der Waals surface area contributed by atoms with E-state index >= 15 is 0 Å². The molecule has 1 aromatic rings. The molecule has 1 saturated heterocycles. The summed E-state index contributed by atoms with van der Waals surface area (Å²) in [4.78, 5) is 14.9. The monoisotopic (exact) mass is 394 g/mol. The Morgan fingerprint density at radius 2 is 2.00 bits per heavy atom. The van der Waals surface area contributed by atoms with Crippen LogP contribution in [0.3, 0.4) is 0 Å². The molecule has 6 nitrogen and oxygen atoms in total. The standard InChI is InChI=1S/C20H30N2O4S/c1-3-18(21-27(25,26)17-9-7-15(2)8-10-17)19(23)22-13-12-20(24)11-5-4-6-16(20)14-22/h7-10,16,18,21,24H,3-6,11-14H2,1-2H3/t16-,18-,20+/m1/s1. The zero-order valence-electron chi connectivity index (χ0n) is 16.1. The van der Waals surface area contributed by atoms with Crippen LogP contribution in [0.2, 0.25) is 0 Å². The second kappa shape index (κ2) is 7.89. The van der Waals surface area contributed by atoms with Crippen molar-refractivity contribution < 1.29 is 18.3 Å². The molecule has 27 heavy (non-hydrogen) atoms. The van der Waals surface area contributed by atoms with Gasteiger partial charge in [-0.3, -0.25) is 4.79 Å². The fourth-order valence-corrected chi connectivity index (χ4v) is 5.55. The second-order valence-corrected chi connectivity index (χ2v) is 9.69. The number of rotatable bonds is 5. The molecular formula is C20H30N2O4S.